The van der Waals surface area contributed by atoms with Crippen molar-refractivity contribution in [3.63, 3.8) is 0 Å². The van der Waals surface area contributed by atoms with Crippen LogP contribution in [0.25, 0.3) is 0 Å². The van der Waals surface area contributed by atoms with Crippen molar-refractivity contribution in [1.82, 2.24) is 4.90 Å². The first-order valence-corrected chi connectivity index (χ1v) is 8.28. The molecule has 0 aromatic carbocycles. The molecule has 0 aromatic heterocycles. The topological polar surface area (TPSA) is 38.5 Å². The Kier molecular flexibility index (Phi) is 6.11. The maximum atomic E-state index is 6.36. The molecule has 3 heteroatoms. The molecule has 19 heavy (non-hydrogen) atoms. The van der Waals surface area contributed by atoms with Gasteiger partial charge in [0, 0.05) is 25.2 Å². The monoisotopic (exact) mass is 268 g/mol. The Morgan fingerprint density at radius 2 is 2.05 bits per heavy atom. The normalized spacial score (nSPS) is 36.6. The number of nitrogens with zero attached hydrogens (tertiary/aromatic N) is 1. The van der Waals surface area contributed by atoms with Crippen molar-refractivity contribution in [2.45, 2.75) is 76.5 Å². The summed E-state index contributed by atoms with van der Waals surface area (Å²) in [5.74, 6) is 0.893. The van der Waals surface area contributed by atoms with Crippen LogP contribution in [-0.4, -0.2) is 43.3 Å². The van der Waals surface area contributed by atoms with Crippen LogP contribution >= 0.6 is 0 Å². The van der Waals surface area contributed by atoms with Crippen LogP contribution in [0.2, 0.25) is 0 Å². The second kappa shape index (κ2) is 7.61. The quantitative estimate of drug-likeness (QED) is 0.833. The van der Waals surface area contributed by atoms with Crippen LogP contribution in [0.15, 0.2) is 0 Å². The SMILES string of the molecule is CCCC1CCC(N)C(N(C)CC2CCCCO2)C1. The van der Waals surface area contributed by atoms with E-state index in [2.05, 4.69) is 18.9 Å². The van der Waals surface area contributed by atoms with Gasteiger partial charge in [-0.25, -0.2) is 0 Å². The van der Waals surface area contributed by atoms with Gasteiger partial charge in [0.05, 0.1) is 6.10 Å². The van der Waals surface area contributed by atoms with Gasteiger partial charge in [-0.2, -0.15) is 0 Å². The average molecular weight is 268 g/mol. The Morgan fingerprint density at radius 1 is 1.21 bits per heavy atom. The molecule has 0 aromatic rings. The third kappa shape index (κ3) is 4.44. The smallest absolute Gasteiger partial charge is 0.0702 e. The summed E-state index contributed by atoms with van der Waals surface area (Å²) in [6.07, 6.45) is 10.7. The van der Waals surface area contributed by atoms with Crippen molar-refractivity contribution in [3.8, 4) is 0 Å². The summed E-state index contributed by atoms with van der Waals surface area (Å²) in [6, 6.07) is 0.928. The summed E-state index contributed by atoms with van der Waals surface area (Å²) in [7, 11) is 2.25. The van der Waals surface area contributed by atoms with Gasteiger partial charge in [-0.1, -0.05) is 19.8 Å². The minimum Gasteiger partial charge on any atom is -0.377 e. The molecule has 3 nitrogen and oxygen atoms in total. The number of ether oxygens (including phenoxy) is 1. The lowest BCUT2D eigenvalue weighted by Gasteiger charge is -2.41. The highest BCUT2D eigenvalue weighted by Gasteiger charge is 2.31. The minimum absolute atomic E-state index is 0.363. The van der Waals surface area contributed by atoms with E-state index in [1.807, 2.05) is 0 Å². The molecule has 2 aliphatic rings. The molecule has 0 bridgehead atoms. The second-order valence-electron chi connectivity index (χ2n) is 6.63. The van der Waals surface area contributed by atoms with Crippen molar-refractivity contribution in [3.05, 3.63) is 0 Å². The van der Waals surface area contributed by atoms with Gasteiger partial charge in [-0.3, -0.25) is 4.90 Å². The van der Waals surface area contributed by atoms with E-state index in [4.69, 9.17) is 10.5 Å². The zero-order valence-corrected chi connectivity index (χ0v) is 12.8. The van der Waals surface area contributed by atoms with E-state index in [-0.39, 0.29) is 0 Å². The molecule has 1 saturated carbocycles. The van der Waals surface area contributed by atoms with E-state index in [0.29, 0.717) is 18.2 Å². The van der Waals surface area contributed by atoms with Crippen LogP contribution in [-0.2, 0) is 4.74 Å². The van der Waals surface area contributed by atoms with Crippen LogP contribution in [0.4, 0.5) is 0 Å². The summed E-state index contributed by atoms with van der Waals surface area (Å²) in [6.45, 7) is 4.31. The summed E-state index contributed by atoms with van der Waals surface area (Å²) in [5, 5.41) is 0. The molecular formula is C16H32N2O. The Bertz CT molecular complexity index is 253. The Morgan fingerprint density at radius 3 is 2.74 bits per heavy atom. The fourth-order valence-corrected chi connectivity index (χ4v) is 3.84. The molecule has 0 amide bonds. The van der Waals surface area contributed by atoms with Gasteiger partial charge < -0.3 is 10.5 Å². The standard InChI is InChI=1S/C16H32N2O/c1-3-6-13-8-9-15(17)16(11-13)18(2)12-14-7-4-5-10-19-14/h13-16H,3-12,17H2,1-2H3. The van der Waals surface area contributed by atoms with Crippen molar-refractivity contribution in [1.29, 1.82) is 0 Å². The third-order valence-electron chi connectivity index (χ3n) is 5.01. The highest BCUT2D eigenvalue weighted by atomic mass is 16.5. The zero-order chi connectivity index (χ0) is 13.7. The van der Waals surface area contributed by atoms with E-state index in [1.165, 1.54) is 51.4 Å². The summed E-state index contributed by atoms with van der Waals surface area (Å²) < 4.78 is 5.87. The number of likely N-dealkylation sites (N-methyl/N-ethyl adjacent to an activating group) is 1. The molecule has 4 atom stereocenters. The fraction of sp³-hybridized carbons (Fsp3) is 1.00. The molecule has 1 heterocycles. The Balaban J connectivity index is 1.82. The van der Waals surface area contributed by atoms with Crippen LogP contribution in [0.5, 0.6) is 0 Å². The average Bonchev–Trinajstić information content (AvgIpc) is 2.42. The Labute approximate surface area is 118 Å². The fourth-order valence-electron chi connectivity index (χ4n) is 3.84. The number of hydrogen-bond acceptors (Lipinski definition) is 3. The van der Waals surface area contributed by atoms with Gasteiger partial charge in [0.15, 0.2) is 0 Å². The first-order valence-electron chi connectivity index (χ1n) is 8.28. The molecule has 0 spiro atoms. The molecule has 1 aliphatic heterocycles. The number of nitrogens with two attached hydrogens (primary N) is 1. The van der Waals surface area contributed by atoms with Gasteiger partial charge in [0.2, 0.25) is 0 Å². The molecule has 0 radical (unpaired) electrons. The molecule has 4 unspecified atom stereocenters. The predicted molar refractivity (Wildman–Crippen MR) is 80.2 cm³/mol. The first-order chi connectivity index (χ1) is 9.20. The minimum atomic E-state index is 0.363. The van der Waals surface area contributed by atoms with Crippen molar-refractivity contribution < 1.29 is 4.74 Å². The molecule has 2 N–H and O–H groups in total. The molecule has 2 fully saturated rings. The van der Waals surface area contributed by atoms with Gasteiger partial charge >= 0.3 is 0 Å². The maximum absolute atomic E-state index is 6.36. The molecular weight excluding hydrogens is 236 g/mol. The first kappa shape index (κ1) is 15.3. The maximum Gasteiger partial charge on any atom is 0.0702 e. The van der Waals surface area contributed by atoms with Crippen LogP contribution in [0.3, 0.4) is 0 Å². The lowest BCUT2D eigenvalue weighted by molar-refractivity contribution is -0.0151. The van der Waals surface area contributed by atoms with Crippen molar-refractivity contribution in [2.24, 2.45) is 11.7 Å². The number of rotatable bonds is 5. The summed E-state index contributed by atoms with van der Waals surface area (Å²) in [5.41, 5.74) is 6.36. The molecule has 1 aliphatic carbocycles. The summed E-state index contributed by atoms with van der Waals surface area (Å²) >= 11 is 0. The lowest BCUT2D eigenvalue weighted by Crippen LogP contribution is -2.52. The van der Waals surface area contributed by atoms with Crippen molar-refractivity contribution >= 4 is 0 Å². The molecule has 112 valence electrons. The molecule has 1 saturated heterocycles. The summed E-state index contributed by atoms with van der Waals surface area (Å²) in [4.78, 5) is 2.49. The number of hydrogen-bond donors (Lipinski definition) is 1. The van der Waals surface area contributed by atoms with E-state index in [1.54, 1.807) is 0 Å². The lowest BCUT2D eigenvalue weighted by atomic mass is 9.80. The van der Waals surface area contributed by atoms with E-state index >= 15 is 0 Å². The van der Waals surface area contributed by atoms with Crippen molar-refractivity contribution in [2.75, 3.05) is 20.2 Å². The highest BCUT2D eigenvalue weighted by molar-refractivity contribution is 4.89. The van der Waals surface area contributed by atoms with Gasteiger partial charge in [0.1, 0.15) is 0 Å². The largest absolute Gasteiger partial charge is 0.377 e. The van der Waals surface area contributed by atoms with Gasteiger partial charge in [0.25, 0.3) is 0 Å². The van der Waals surface area contributed by atoms with Gasteiger partial charge in [-0.05, 0) is 51.5 Å². The van der Waals surface area contributed by atoms with E-state index in [0.717, 1.165) is 19.1 Å². The third-order valence-corrected chi connectivity index (χ3v) is 5.01. The molecule has 2 rings (SSSR count). The highest BCUT2D eigenvalue weighted by Crippen LogP contribution is 2.30. The van der Waals surface area contributed by atoms with E-state index < -0.39 is 0 Å². The second-order valence-corrected chi connectivity index (χ2v) is 6.63. The predicted octanol–water partition coefficient (Wildman–Crippen LogP) is 2.78. The van der Waals surface area contributed by atoms with Crippen LogP contribution < -0.4 is 5.73 Å². The Hall–Kier alpha value is -0.120. The zero-order valence-electron chi connectivity index (χ0n) is 12.8. The van der Waals surface area contributed by atoms with E-state index in [9.17, 15) is 0 Å². The van der Waals surface area contributed by atoms with Crippen LogP contribution in [0, 0.1) is 5.92 Å². The van der Waals surface area contributed by atoms with Gasteiger partial charge in [-0.15, -0.1) is 0 Å². The van der Waals surface area contributed by atoms with Crippen LogP contribution in [0.1, 0.15) is 58.3 Å².